The van der Waals surface area contributed by atoms with Gasteiger partial charge >= 0.3 is 0 Å². The number of likely N-dealkylation sites (tertiary alicyclic amines) is 1. The van der Waals surface area contributed by atoms with E-state index in [4.69, 9.17) is 0 Å². The number of piperidine rings is 1. The van der Waals surface area contributed by atoms with Crippen molar-refractivity contribution in [3.63, 3.8) is 0 Å². The van der Waals surface area contributed by atoms with Gasteiger partial charge in [0.05, 0.1) is 6.10 Å². The molecule has 0 radical (unpaired) electrons. The third-order valence-electron chi connectivity index (χ3n) is 3.79. The van der Waals surface area contributed by atoms with E-state index in [1.165, 1.54) is 38.9 Å². The number of aliphatic hydroxyl groups excluding tert-OH is 1. The van der Waals surface area contributed by atoms with Crippen LogP contribution >= 0.6 is 0 Å². The predicted octanol–water partition coefficient (Wildman–Crippen LogP) is 1.63. The summed E-state index contributed by atoms with van der Waals surface area (Å²) < 4.78 is 0. The molecule has 0 amide bonds. The molecule has 1 spiro atoms. The summed E-state index contributed by atoms with van der Waals surface area (Å²) in [5.41, 5.74) is 0.559. The van der Waals surface area contributed by atoms with Gasteiger partial charge in [-0.2, -0.15) is 0 Å². The zero-order valence-electron chi connectivity index (χ0n) is 8.63. The monoisotopic (exact) mass is 183 g/mol. The second-order valence-corrected chi connectivity index (χ2v) is 4.90. The Morgan fingerprint density at radius 1 is 1.31 bits per heavy atom. The number of hydrogen-bond donors (Lipinski definition) is 1. The summed E-state index contributed by atoms with van der Waals surface area (Å²) in [6.45, 7) is 6.04. The molecule has 1 heterocycles. The van der Waals surface area contributed by atoms with Crippen molar-refractivity contribution in [1.29, 1.82) is 0 Å². The Morgan fingerprint density at radius 3 is 2.38 bits per heavy atom. The smallest absolute Gasteiger partial charge is 0.0550 e. The molecule has 13 heavy (non-hydrogen) atoms. The number of nitrogens with zero attached hydrogens (tertiary/aromatic N) is 1. The van der Waals surface area contributed by atoms with Gasteiger partial charge < -0.3 is 10.0 Å². The number of hydrogen-bond acceptors (Lipinski definition) is 2. The molecule has 2 rings (SSSR count). The number of rotatable bonds is 2. The van der Waals surface area contributed by atoms with Crippen LogP contribution in [0.25, 0.3) is 0 Å². The summed E-state index contributed by atoms with van der Waals surface area (Å²) in [5, 5.41) is 9.32. The van der Waals surface area contributed by atoms with Gasteiger partial charge in [-0.25, -0.2) is 0 Å². The first-order valence-electron chi connectivity index (χ1n) is 5.64. The molecular weight excluding hydrogens is 162 g/mol. The second-order valence-electron chi connectivity index (χ2n) is 4.90. The zero-order valence-corrected chi connectivity index (χ0v) is 8.63. The molecule has 2 fully saturated rings. The van der Waals surface area contributed by atoms with Gasteiger partial charge in [-0.1, -0.05) is 6.92 Å². The maximum atomic E-state index is 9.32. The van der Waals surface area contributed by atoms with Crippen LogP contribution in [-0.4, -0.2) is 35.7 Å². The normalized spacial score (nSPS) is 29.1. The maximum absolute atomic E-state index is 9.32. The fourth-order valence-corrected chi connectivity index (χ4v) is 2.92. The highest BCUT2D eigenvalue weighted by Gasteiger charge is 2.44. The minimum atomic E-state index is 0.0257. The minimum Gasteiger partial charge on any atom is -0.393 e. The van der Waals surface area contributed by atoms with E-state index in [9.17, 15) is 5.11 Å². The summed E-state index contributed by atoms with van der Waals surface area (Å²) in [4.78, 5) is 2.57. The predicted molar refractivity (Wildman–Crippen MR) is 53.6 cm³/mol. The largest absolute Gasteiger partial charge is 0.393 e. The van der Waals surface area contributed by atoms with Crippen molar-refractivity contribution in [2.75, 3.05) is 19.6 Å². The van der Waals surface area contributed by atoms with Gasteiger partial charge in [-0.05, 0) is 57.2 Å². The molecular formula is C11H21NO. The molecule has 1 N–H and O–H groups in total. The van der Waals surface area contributed by atoms with E-state index in [2.05, 4.69) is 11.8 Å². The lowest BCUT2D eigenvalue weighted by atomic mass is 9.61. The van der Waals surface area contributed by atoms with Crippen LogP contribution in [0, 0.1) is 5.41 Å². The average Bonchev–Trinajstić information content (AvgIpc) is 2.07. The van der Waals surface area contributed by atoms with Crippen molar-refractivity contribution < 1.29 is 5.11 Å². The van der Waals surface area contributed by atoms with Crippen molar-refractivity contribution in [2.24, 2.45) is 5.41 Å². The Bertz CT molecular complexity index is 165. The van der Waals surface area contributed by atoms with E-state index in [0.717, 1.165) is 12.8 Å². The van der Waals surface area contributed by atoms with Crippen LogP contribution in [0.1, 0.15) is 39.0 Å². The lowest BCUT2D eigenvalue weighted by Crippen LogP contribution is -2.49. The van der Waals surface area contributed by atoms with Gasteiger partial charge in [0.25, 0.3) is 0 Å². The van der Waals surface area contributed by atoms with E-state index in [-0.39, 0.29) is 6.10 Å². The van der Waals surface area contributed by atoms with Crippen LogP contribution in [0.4, 0.5) is 0 Å². The average molecular weight is 183 g/mol. The third-order valence-corrected chi connectivity index (χ3v) is 3.79. The van der Waals surface area contributed by atoms with E-state index < -0.39 is 0 Å². The summed E-state index contributed by atoms with van der Waals surface area (Å²) in [6.07, 6.45) is 6.10. The van der Waals surface area contributed by atoms with Crippen molar-refractivity contribution in [3.8, 4) is 0 Å². The molecule has 0 aromatic carbocycles. The molecule has 1 aliphatic heterocycles. The molecule has 1 saturated carbocycles. The van der Waals surface area contributed by atoms with Crippen LogP contribution in [0.3, 0.4) is 0 Å². The van der Waals surface area contributed by atoms with E-state index in [0.29, 0.717) is 5.41 Å². The minimum absolute atomic E-state index is 0.0257. The maximum Gasteiger partial charge on any atom is 0.0550 e. The van der Waals surface area contributed by atoms with Gasteiger partial charge in [-0.3, -0.25) is 0 Å². The Balaban J connectivity index is 1.77. The van der Waals surface area contributed by atoms with E-state index in [1.807, 2.05) is 0 Å². The van der Waals surface area contributed by atoms with Gasteiger partial charge in [0.2, 0.25) is 0 Å². The standard InChI is InChI=1S/C11H21NO/c1-2-5-12-6-3-11(4-7-12)8-10(13)9-11/h10,13H,2-9H2,1H3. The molecule has 0 bridgehead atoms. The van der Waals surface area contributed by atoms with Crippen molar-refractivity contribution in [2.45, 2.75) is 45.1 Å². The van der Waals surface area contributed by atoms with Crippen molar-refractivity contribution in [3.05, 3.63) is 0 Å². The van der Waals surface area contributed by atoms with Crippen molar-refractivity contribution in [1.82, 2.24) is 4.90 Å². The molecule has 0 aromatic rings. The van der Waals surface area contributed by atoms with Gasteiger partial charge in [0, 0.05) is 0 Å². The first-order valence-corrected chi connectivity index (χ1v) is 5.64. The lowest BCUT2D eigenvalue weighted by molar-refractivity contribution is -0.0678. The molecule has 0 unspecified atom stereocenters. The molecule has 0 aromatic heterocycles. The molecule has 2 nitrogen and oxygen atoms in total. The zero-order chi connectivity index (χ0) is 9.31. The molecule has 0 atom stereocenters. The Morgan fingerprint density at radius 2 is 1.92 bits per heavy atom. The molecule has 2 aliphatic rings. The molecule has 2 heteroatoms. The van der Waals surface area contributed by atoms with Crippen LogP contribution in [0.15, 0.2) is 0 Å². The van der Waals surface area contributed by atoms with Gasteiger partial charge in [0.15, 0.2) is 0 Å². The van der Waals surface area contributed by atoms with E-state index in [1.54, 1.807) is 0 Å². The highest BCUT2D eigenvalue weighted by Crippen LogP contribution is 2.48. The number of aliphatic hydroxyl groups is 1. The topological polar surface area (TPSA) is 23.5 Å². The quantitative estimate of drug-likeness (QED) is 0.703. The fraction of sp³-hybridized carbons (Fsp3) is 1.00. The highest BCUT2D eigenvalue weighted by molar-refractivity contribution is 4.96. The Kier molecular flexibility index (Phi) is 2.61. The van der Waals surface area contributed by atoms with Crippen molar-refractivity contribution >= 4 is 0 Å². The summed E-state index contributed by atoms with van der Waals surface area (Å²) in [7, 11) is 0. The third kappa shape index (κ3) is 1.89. The Labute approximate surface area is 80.9 Å². The summed E-state index contributed by atoms with van der Waals surface area (Å²) in [5.74, 6) is 0. The first kappa shape index (κ1) is 9.47. The van der Waals surface area contributed by atoms with Crippen LogP contribution in [0.2, 0.25) is 0 Å². The summed E-state index contributed by atoms with van der Waals surface area (Å²) in [6, 6.07) is 0. The Hall–Kier alpha value is -0.0800. The van der Waals surface area contributed by atoms with Crippen LogP contribution in [0.5, 0.6) is 0 Å². The molecule has 1 aliphatic carbocycles. The van der Waals surface area contributed by atoms with Gasteiger partial charge in [-0.15, -0.1) is 0 Å². The highest BCUT2D eigenvalue weighted by atomic mass is 16.3. The van der Waals surface area contributed by atoms with Gasteiger partial charge in [0.1, 0.15) is 0 Å². The lowest BCUT2D eigenvalue weighted by Gasteiger charge is -2.50. The van der Waals surface area contributed by atoms with Crippen LogP contribution < -0.4 is 0 Å². The SMILES string of the molecule is CCCN1CCC2(CC1)CC(O)C2. The molecule has 1 saturated heterocycles. The second kappa shape index (κ2) is 3.58. The molecule has 76 valence electrons. The fourth-order valence-electron chi connectivity index (χ4n) is 2.92. The van der Waals surface area contributed by atoms with E-state index >= 15 is 0 Å². The summed E-state index contributed by atoms with van der Waals surface area (Å²) >= 11 is 0. The van der Waals surface area contributed by atoms with Crippen LogP contribution in [-0.2, 0) is 0 Å². The first-order chi connectivity index (χ1) is 6.24.